The van der Waals surface area contributed by atoms with E-state index in [1.807, 2.05) is 66.7 Å². The summed E-state index contributed by atoms with van der Waals surface area (Å²) >= 11 is 4.86. The van der Waals surface area contributed by atoms with E-state index in [4.69, 9.17) is 0 Å². The van der Waals surface area contributed by atoms with Crippen LogP contribution in [-0.2, 0) is 0 Å². The van der Waals surface area contributed by atoms with Gasteiger partial charge in [0.1, 0.15) is 0 Å². The fourth-order valence-electron chi connectivity index (χ4n) is 3.47. The van der Waals surface area contributed by atoms with Crippen molar-refractivity contribution in [3.05, 3.63) is 130 Å². The second-order valence-electron chi connectivity index (χ2n) is 7.65. The van der Waals surface area contributed by atoms with Gasteiger partial charge < -0.3 is 0 Å². The number of aromatic nitrogens is 1. The van der Waals surface area contributed by atoms with E-state index in [2.05, 4.69) is 26.0 Å². The molecule has 5 nitrogen and oxygen atoms in total. The summed E-state index contributed by atoms with van der Waals surface area (Å²) < 4.78 is 1.87. The fourth-order valence-corrected chi connectivity index (χ4v) is 4.95. The minimum Gasteiger partial charge on any atom is -0.289 e. The molecule has 0 aliphatic heterocycles. The first-order chi connectivity index (χ1) is 17.1. The zero-order valence-corrected chi connectivity index (χ0v) is 20.7. The number of hydrogen-bond acceptors (Lipinski definition) is 5. The van der Waals surface area contributed by atoms with E-state index in [1.54, 1.807) is 42.6 Å². The Hall–Kier alpha value is -3.94. The highest BCUT2D eigenvalue weighted by atomic mass is 79.9. The van der Waals surface area contributed by atoms with Crippen LogP contribution in [0.25, 0.3) is 10.2 Å². The van der Waals surface area contributed by atoms with Crippen molar-refractivity contribution in [1.82, 2.24) is 4.98 Å². The molecule has 0 fully saturated rings. The third-order valence-corrected chi connectivity index (χ3v) is 6.75. The second-order valence-corrected chi connectivity index (χ2v) is 9.58. The topological polar surface area (TPSA) is 62.6 Å². The summed E-state index contributed by atoms with van der Waals surface area (Å²) in [5, 5.41) is 6.25. The normalized spacial score (nSPS) is 11.1. The molecule has 170 valence electrons. The van der Waals surface area contributed by atoms with Gasteiger partial charge in [0.15, 0.2) is 5.78 Å². The Bertz CT molecular complexity index is 1530. The predicted molar refractivity (Wildman–Crippen MR) is 144 cm³/mol. The summed E-state index contributed by atoms with van der Waals surface area (Å²) in [7, 11) is 0. The van der Waals surface area contributed by atoms with Crippen LogP contribution in [-0.4, -0.2) is 22.9 Å². The van der Waals surface area contributed by atoms with Crippen LogP contribution in [0.15, 0.2) is 113 Å². The predicted octanol–water partition coefficient (Wildman–Crippen LogP) is 6.97. The molecule has 0 N–H and O–H groups in total. The Kier molecular flexibility index (Phi) is 6.61. The Labute approximate surface area is 214 Å². The van der Waals surface area contributed by atoms with Crippen LogP contribution < -0.4 is 5.01 Å². The lowest BCUT2D eigenvalue weighted by Crippen LogP contribution is -2.25. The third-order valence-electron chi connectivity index (χ3n) is 5.26. The van der Waals surface area contributed by atoms with Gasteiger partial charge in [-0.3, -0.25) is 9.59 Å². The van der Waals surface area contributed by atoms with E-state index < -0.39 is 0 Å². The van der Waals surface area contributed by atoms with Crippen LogP contribution in [0, 0.1) is 0 Å². The van der Waals surface area contributed by atoms with Crippen LogP contribution in [0.5, 0.6) is 0 Å². The number of ketones is 1. The van der Waals surface area contributed by atoms with Crippen molar-refractivity contribution in [3.63, 3.8) is 0 Å². The first kappa shape index (κ1) is 22.8. The molecule has 0 radical (unpaired) electrons. The largest absolute Gasteiger partial charge is 0.289 e. The van der Waals surface area contributed by atoms with Gasteiger partial charge >= 0.3 is 0 Å². The van der Waals surface area contributed by atoms with Crippen LogP contribution in [0.3, 0.4) is 0 Å². The van der Waals surface area contributed by atoms with Crippen molar-refractivity contribution in [2.24, 2.45) is 5.10 Å². The number of anilines is 1. The van der Waals surface area contributed by atoms with Crippen molar-refractivity contribution < 1.29 is 9.59 Å². The maximum atomic E-state index is 13.5. The van der Waals surface area contributed by atoms with Gasteiger partial charge in [-0.15, -0.1) is 0 Å². The van der Waals surface area contributed by atoms with Crippen molar-refractivity contribution in [2.45, 2.75) is 0 Å². The highest BCUT2D eigenvalue weighted by molar-refractivity contribution is 9.10. The monoisotopic (exact) mass is 539 g/mol. The molecule has 0 bridgehead atoms. The summed E-state index contributed by atoms with van der Waals surface area (Å²) in [5.74, 6) is -0.436. The number of rotatable bonds is 6. The molecular weight excluding hydrogens is 522 g/mol. The Morgan fingerprint density at radius 2 is 1.43 bits per heavy atom. The van der Waals surface area contributed by atoms with E-state index in [1.165, 1.54) is 16.3 Å². The number of benzene rings is 4. The van der Waals surface area contributed by atoms with E-state index in [0.717, 1.165) is 20.3 Å². The summed E-state index contributed by atoms with van der Waals surface area (Å²) in [6.07, 6.45) is 1.63. The van der Waals surface area contributed by atoms with Crippen LogP contribution in [0.2, 0.25) is 0 Å². The minimum atomic E-state index is -0.339. The molecule has 0 atom stereocenters. The first-order valence-electron chi connectivity index (χ1n) is 10.8. The SMILES string of the molecule is O=C(c1ccccc1)c1ccc(C(=O)N(/N=C/c2ccccc2)c2nc3ccc(Br)cc3s2)cc1. The molecule has 0 saturated carbocycles. The van der Waals surface area contributed by atoms with Crippen molar-refractivity contribution >= 4 is 60.5 Å². The van der Waals surface area contributed by atoms with E-state index >= 15 is 0 Å². The standard InChI is InChI=1S/C28H18BrN3O2S/c29-23-15-16-24-25(17-23)35-28(31-24)32(30-18-19-7-3-1-4-8-19)27(34)22-13-11-21(12-14-22)26(33)20-9-5-2-6-10-20/h1-18H/b30-18+. The van der Waals surface area contributed by atoms with Crippen molar-refractivity contribution in [1.29, 1.82) is 0 Å². The molecule has 5 aromatic rings. The minimum absolute atomic E-state index is 0.0969. The summed E-state index contributed by atoms with van der Waals surface area (Å²) in [4.78, 5) is 30.9. The smallest absolute Gasteiger partial charge is 0.280 e. The molecule has 1 heterocycles. The number of carbonyl (C=O) groups is 2. The fraction of sp³-hybridized carbons (Fsp3) is 0. The van der Waals surface area contributed by atoms with Crippen LogP contribution in [0.1, 0.15) is 31.8 Å². The van der Waals surface area contributed by atoms with Gasteiger partial charge in [-0.25, -0.2) is 4.98 Å². The number of amides is 1. The number of hydrazone groups is 1. The molecule has 0 saturated heterocycles. The van der Waals surface area contributed by atoms with E-state index in [-0.39, 0.29) is 11.7 Å². The number of carbonyl (C=O) groups excluding carboxylic acids is 2. The molecule has 4 aromatic carbocycles. The number of thiazole rings is 1. The molecule has 0 unspecified atom stereocenters. The lowest BCUT2D eigenvalue weighted by atomic mass is 10.0. The number of hydrogen-bond donors (Lipinski definition) is 0. The van der Waals surface area contributed by atoms with E-state index in [0.29, 0.717) is 21.8 Å². The maximum Gasteiger partial charge on any atom is 0.280 e. The van der Waals surface area contributed by atoms with Crippen LogP contribution >= 0.6 is 27.3 Å². The van der Waals surface area contributed by atoms with E-state index in [9.17, 15) is 9.59 Å². The second kappa shape index (κ2) is 10.1. The molecule has 7 heteroatoms. The Morgan fingerprint density at radius 1 is 0.800 bits per heavy atom. The first-order valence-corrected chi connectivity index (χ1v) is 12.4. The molecular formula is C28H18BrN3O2S. The quantitative estimate of drug-likeness (QED) is 0.133. The molecule has 0 aliphatic rings. The summed E-state index contributed by atoms with van der Waals surface area (Å²) in [5.41, 5.74) is 3.15. The van der Waals surface area contributed by atoms with Crippen molar-refractivity contribution in [2.75, 3.05) is 5.01 Å². The van der Waals surface area contributed by atoms with Gasteiger partial charge in [-0.1, -0.05) is 100 Å². The Balaban J connectivity index is 1.48. The van der Waals surface area contributed by atoms with Gasteiger partial charge in [0.25, 0.3) is 5.91 Å². The highest BCUT2D eigenvalue weighted by Crippen LogP contribution is 2.32. The van der Waals surface area contributed by atoms with Gasteiger partial charge in [-0.2, -0.15) is 10.1 Å². The lowest BCUT2D eigenvalue weighted by Gasteiger charge is -2.14. The Morgan fingerprint density at radius 3 is 2.14 bits per heavy atom. The summed E-state index contributed by atoms with van der Waals surface area (Å²) in [6.45, 7) is 0. The highest BCUT2D eigenvalue weighted by Gasteiger charge is 2.21. The molecule has 1 aromatic heterocycles. The molecule has 5 rings (SSSR count). The number of halogens is 1. The van der Waals surface area contributed by atoms with Crippen LogP contribution in [0.4, 0.5) is 5.13 Å². The summed E-state index contributed by atoms with van der Waals surface area (Å²) in [6, 6.07) is 31.0. The number of nitrogens with zero attached hydrogens (tertiary/aromatic N) is 3. The van der Waals surface area contributed by atoms with Gasteiger partial charge in [0.2, 0.25) is 5.13 Å². The van der Waals surface area contributed by atoms with Gasteiger partial charge in [-0.05, 0) is 35.9 Å². The maximum absolute atomic E-state index is 13.5. The third kappa shape index (κ3) is 5.11. The van der Waals surface area contributed by atoms with Gasteiger partial charge in [0.05, 0.1) is 16.4 Å². The number of fused-ring (bicyclic) bond motifs is 1. The zero-order chi connectivity index (χ0) is 24.2. The zero-order valence-electron chi connectivity index (χ0n) is 18.3. The molecule has 1 amide bonds. The average molecular weight is 540 g/mol. The average Bonchev–Trinajstić information content (AvgIpc) is 3.32. The van der Waals surface area contributed by atoms with Crippen molar-refractivity contribution in [3.8, 4) is 0 Å². The molecule has 0 aliphatic carbocycles. The molecule has 0 spiro atoms. The molecule has 35 heavy (non-hydrogen) atoms. The lowest BCUT2D eigenvalue weighted by molar-refractivity contribution is 0.0985. The van der Waals surface area contributed by atoms with Gasteiger partial charge in [0, 0.05) is 21.2 Å².